The van der Waals surface area contributed by atoms with E-state index in [-0.39, 0.29) is 31.1 Å². The molecule has 2 fully saturated rings. The molecule has 0 aromatic heterocycles. The standard InChI is InChI=1S/C20H27ClN2O4/c1-12-5-17(6-13(2)20(12)21)27-11-18(24)22-15-7-16(8-15)23(10-19(25)26)9-14-3-4-14/h5-6,14-16H,3-4,7-11H2,1-2H3,(H,22,24)(H,25,26). The zero-order valence-corrected chi connectivity index (χ0v) is 16.6. The molecule has 2 N–H and O–H groups in total. The quantitative estimate of drug-likeness (QED) is 0.673. The molecule has 0 aliphatic heterocycles. The Labute approximate surface area is 164 Å². The van der Waals surface area contributed by atoms with Gasteiger partial charge in [-0.25, -0.2) is 0 Å². The van der Waals surface area contributed by atoms with Gasteiger partial charge in [-0.1, -0.05) is 11.6 Å². The second kappa shape index (κ2) is 8.48. The van der Waals surface area contributed by atoms with Crippen LogP contribution in [-0.4, -0.2) is 53.7 Å². The molecule has 2 aliphatic carbocycles. The van der Waals surface area contributed by atoms with Crippen LogP contribution in [0.4, 0.5) is 0 Å². The third-order valence-electron chi connectivity index (χ3n) is 5.30. The number of carboxylic acid groups (broad SMARTS) is 1. The third kappa shape index (κ3) is 5.59. The number of aliphatic carboxylic acids is 1. The number of nitrogens with zero attached hydrogens (tertiary/aromatic N) is 1. The summed E-state index contributed by atoms with van der Waals surface area (Å²) in [4.78, 5) is 25.3. The molecule has 3 rings (SSSR count). The van der Waals surface area contributed by atoms with E-state index in [0.717, 1.165) is 30.5 Å². The molecule has 2 saturated carbocycles. The average Bonchev–Trinajstić information content (AvgIpc) is 3.36. The molecule has 0 bridgehead atoms. The Kier molecular flexibility index (Phi) is 6.27. The van der Waals surface area contributed by atoms with E-state index in [1.165, 1.54) is 12.8 Å². The second-order valence-corrected chi connectivity index (χ2v) is 8.19. The van der Waals surface area contributed by atoms with Gasteiger partial charge in [0.2, 0.25) is 0 Å². The average molecular weight is 395 g/mol. The van der Waals surface area contributed by atoms with Gasteiger partial charge in [0.05, 0.1) is 6.54 Å². The molecule has 1 aromatic carbocycles. The highest BCUT2D eigenvalue weighted by molar-refractivity contribution is 6.32. The van der Waals surface area contributed by atoms with E-state index in [9.17, 15) is 9.59 Å². The van der Waals surface area contributed by atoms with E-state index < -0.39 is 5.97 Å². The zero-order chi connectivity index (χ0) is 19.6. The zero-order valence-electron chi connectivity index (χ0n) is 15.8. The van der Waals surface area contributed by atoms with E-state index in [0.29, 0.717) is 16.7 Å². The first-order valence-corrected chi connectivity index (χ1v) is 9.84. The summed E-state index contributed by atoms with van der Waals surface area (Å²) in [6, 6.07) is 3.98. The molecule has 6 nitrogen and oxygen atoms in total. The van der Waals surface area contributed by atoms with Crippen LogP contribution in [0.5, 0.6) is 5.75 Å². The van der Waals surface area contributed by atoms with Crippen LogP contribution >= 0.6 is 11.6 Å². The molecule has 0 spiro atoms. The largest absolute Gasteiger partial charge is 0.484 e. The maximum Gasteiger partial charge on any atom is 0.317 e. The van der Waals surface area contributed by atoms with Gasteiger partial charge in [0.15, 0.2) is 6.61 Å². The maximum atomic E-state index is 12.1. The molecule has 0 atom stereocenters. The predicted molar refractivity (Wildman–Crippen MR) is 103 cm³/mol. The van der Waals surface area contributed by atoms with Crippen LogP contribution in [0.25, 0.3) is 0 Å². The maximum absolute atomic E-state index is 12.1. The molecular formula is C20H27ClN2O4. The minimum Gasteiger partial charge on any atom is -0.484 e. The van der Waals surface area contributed by atoms with Gasteiger partial charge in [0, 0.05) is 23.7 Å². The summed E-state index contributed by atoms with van der Waals surface area (Å²) >= 11 is 6.14. The summed E-state index contributed by atoms with van der Waals surface area (Å²) in [5, 5.41) is 12.8. The number of benzene rings is 1. The Morgan fingerprint density at radius 2 is 1.89 bits per heavy atom. The smallest absolute Gasteiger partial charge is 0.317 e. The SMILES string of the molecule is Cc1cc(OCC(=O)NC2CC(N(CC(=O)O)CC3CC3)C2)cc(C)c1Cl. The lowest BCUT2D eigenvalue weighted by Gasteiger charge is -2.42. The lowest BCUT2D eigenvalue weighted by molar-refractivity contribution is -0.140. The number of ether oxygens (including phenoxy) is 1. The summed E-state index contributed by atoms with van der Waals surface area (Å²) in [7, 11) is 0. The first-order chi connectivity index (χ1) is 12.8. The highest BCUT2D eigenvalue weighted by atomic mass is 35.5. The van der Waals surface area contributed by atoms with Crippen molar-refractivity contribution in [3.05, 3.63) is 28.3 Å². The molecule has 1 aromatic rings. The minimum absolute atomic E-state index is 0.0391. The van der Waals surface area contributed by atoms with Crippen LogP contribution in [0.2, 0.25) is 5.02 Å². The van der Waals surface area contributed by atoms with Crippen molar-refractivity contribution in [1.82, 2.24) is 10.2 Å². The van der Waals surface area contributed by atoms with Gasteiger partial charge < -0.3 is 15.2 Å². The van der Waals surface area contributed by atoms with Gasteiger partial charge in [0.1, 0.15) is 5.75 Å². The van der Waals surface area contributed by atoms with Crippen LogP contribution in [0.1, 0.15) is 36.8 Å². The number of carbonyl (C=O) groups is 2. The van der Waals surface area contributed by atoms with Crippen molar-refractivity contribution in [1.29, 1.82) is 0 Å². The first kappa shape index (κ1) is 20.0. The lowest BCUT2D eigenvalue weighted by atomic mass is 9.85. The molecule has 0 heterocycles. The molecule has 7 heteroatoms. The second-order valence-electron chi connectivity index (χ2n) is 7.82. The highest BCUT2D eigenvalue weighted by Gasteiger charge is 2.37. The number of hydrogen-bond donors (Lipinski definition) is 2. The minimum atomic E-state index is -0.787. The number of rotatable bonds is 9. The first-order valence-electron chi connectivity index (χ1n) is 9.46. The fourth-order valence-electron chi connectivity index (χ4n) is 3.56. The van der Waals surface area contributed by atoms with Crippen LogP contribution in [-0.2, 0) is 9.59 Å². The monoisotopic (exact) mass is 394 g/mol. The molecule has 1 amide bonds. The number of aryl methyl sites for hydroxylation is 2. The van der Waals surface area contributed by atoms with Crippen molar-refractivity contribution in [2.45, 2.75) is 51.6 Å². The van der Waals surface area contributed by atoms with Crippen molar-refractivity contribution < 1.29 is 19.4 Å². The van der Waals surface area contributed by atoms with Gasteiger partial charge in [-0.2, -0.15) is 0 Å². The van der Waals surface area contributed by atoms with Gasteiger partial charge in [-0.3, -0.25) is 14.5 Å². The Bertz CT molecular complexity index is 691. The third-order valence-corrected chi connectivity index (χ3v) is 5.90. The topological polar surface area (TPSA) is 78.9 Å². The lowest BCUT2D eigenvalue weighted by Crippen LogP contribution is -2.55. The number of hydrogen-bond acceptors (Lipinski definition) is 4. The Morgan fingerprint density at radius 3 is 2.44 bits per heavy atom. The Balaban J connectivity index is 1.41. The van der Waals surface area contributed by atoms with Crippen molar-refractivity contribution >= 4 is 23.5 Å². The van der Waals surface area contributed by atoms with Gasteiger partial charge in [-0.15, -0.1) is 0 Å². The van der Waals surface area contributed by atoms with Crippen molar-refractivity contribution in [3.8, 4) is 5.75 Å². The fourth-order valence-corrected chi connectivity index (χ4v) is 3.67. The number of carbonyl (C=O) groups excluding carboxylic acids is 1. The van der Waals surface area contributed by atoms with E-state index in [2.05, 4.69) is 10.2 Å². The van der Waals surface area contributed by atoms with Gasteiger partial charge in [-0.05, 0) is 68.7 Å². The van der Waals surface area contributed by atoms with E-state index in [4.69, 9.17) is 21.4 Å². The molecule has 0 unspecified atom stereocenters. The molecule has 0 saturated heterocycles. The summed E-state index contributed by atoms with van der Waals surface area (Å²) < 4.78 is 5.58. The van der Waals surface area contributed by atoms with E-state index in [1.54, 1.807) is 0 Å². The Morgan fingerprint density at radius 1 is 1.26 bits per heavy atom. The number of amides is 1. The number of nitrogens with one attached hydrogen (secondary N) is 1. The van der Waals surface area contributed by atoms with Crippen molar-refractivity contribution in [3.63, 3.8) is 0 Å². The van der Waals surface area contributed by atoms with Crippen LogP contribution in [0.3, 0.4) is 0 Å². The number of carboxylic acids is 1. The summed E-state index contributed by atoms with van der Waals surface area (Å²) in [5.74, 6) is 0.339. The van der Waals surface area contributed by atoms with Gasteiger partial charge >= 0.3 is 5.97 Å². The Hall–Kier alpha value is -1.79. The van der Waals surface area contributed by atoms with Crippen LogP contribution < -0.4 is 10.1 Å². The van der Waals surface area contributed by atoms with Crippen LogP contribution in [0, 0.1) is 19.8 Å². The summed E-state index contributed by atoms with van der Waals surface area (Å²) in [5.41, 5.74) is 1.84. The number of halogens is 1. The molecule has 148 valence electrons. The molecule has 2 aliphatic rings. The molecular weight excluding hydrogens is 368 g/mol. The van der Waals surface area contributed by atoms with Gasteiger partial charge in [0.25, 0.3) is 5.91 Å². The van der Waals surface area contributed by atoms with Crippen molar-refractivity contribution in [2.24, 2.45) is 5.92 Å². The molecule has 0 radical (unpaired) electrons. The van der Waals surface area contributed by atoms with Crippen LogP contribution in [0.15, 0.2) is 12.1 Å². The predicted octanol–water partition coefficient (Wildman–Crippen LogP) is 2.78. The van der Waals surface area contributed by atoms with E-state index in [1.807, 2.05) is 26.0 Å². The molecule has 27 heavy (non-hydrogen) atoms. The summed E-state index contributed by atoms with van der Waals surface area (Å²) in [6.45, 7) is 4.71. The highest BCUT2D eigenvalue weighted by Crippen LogP contribution is 2.33. The summed E-state index contributed by atoms with van der Waals surface area (Å²) in [6.07, 6.45) is 3.99. The van der Waals surface area contributed by atoms with E-state index >= 15 is 0 Å². The fraction of sp³-hybridized carbons (Fsp3) is 0.600. The normalized spacial score (nSPS) is 21.6. The van der Waals surface area contributed by atoms with Crippen molar-refractivity contribution in [2.75, 3.05) is 19.7 Å².